The molecule has 0 atom stereocenters. The standard InChI is InChI=1S/C20H26F2N6O/c1-13-7-14(2)28(26-13)17-8-16(27-9-19(10-27)11-29-12-19)24-18(25-17)23-15-3-5-20(21,22)6-4-15/h7-8,15H,3-6,9-12H2,1-2H3,(H,23,24,25). The number of hydrogen-bond acceptors (Lipinski definition) is 6. The van der Waals surface area contributed by atoms with E-state index >= 15 is 0 Å². The van der Waals surface area contributed by atoms with E-state index in [9.17, 15) is 8.78 Å². The Balaban J connectivity index is 1.41. The van der Waals surface area contributed by atoms with E-state index in [1.54, 1.807) is 0 Å². The second-order valence-corrected chi connectivity index (χ2v) is 8.87. The van der Waals surface area contributed by atoms with E-state index in [1.165, 1.54) is 0 Å². The van der Waals surface area contributed by atoms with E-state index in [0.717, 1.165) is 43.5 Å². The molecular formula is C20H26F2N6O. The summed E-state index contributed by atoms with van der Waals surface area (Å²) in [6.07, 6.45) is 0.645. The van der Waals surface area contributed by atoms with Crippen molar-refractivity contribution in [3.05, 3.63) is 23.5 Å². The highest BCUT2D eigenvalue weighted by Crippen LogP contribution is 2.40. The van der Waals surface area contributed by atoms with Gasteiger partial charge < -0.3 is 15.0 Å². The van der Waals surface area contributed by atoms with Gasteiger partial charge in [0.2, 0.25) is 11.9 Å². The van der Waals surface area contributed by atoms with Crippen LogP contribution in [0, 0.1) is 19.3 Å². The Hall–Kier alpha value is -2.29. The third kappa shape index (κ3) is 3.56. The molecular weight excluding hydrogens is 378 g/mol. The van der Waals surface area contributed by atoms with Crippen LogP contribution in [0.1, 0.15) is 37.1 Å². The van der Waals surface area contributed by atoms with Crippen molar-refractivity contribution in [2.45, 2.75) is 51.5 Å². The fourth-order valence-corrected chi connectivity index (χ4v) is 4.48. The van der Waals surface area contributed by atoms with E-state index in [0.29, 0.717) is 24.6 Å². The number of ether oxygens (including phenoxy) is 1. The number of aryl methyl sites for hydroxylation is 2. The van der Waals surface area contributed by atoms with Crippen LogP contribution >= 0.6 is 0 Å². The molecule has 1 aliphatic carbocycles. The fourth-order valence-electron chi connectivity index (χ4n) is 4.48. The van der Waals surface area contributed by atoms with Crippen LogP contribution < -0.4 is 10.2 Å². The van der Waals surface area contributed by atoms with Gasteiger partial charge in [-0.25, -0.2) is 13.5 Å². The van der Waals surface area contributed by atoms with Gasteiger partial charge in [0.15, 0.2) is 5.82 Å². The smallest absolute Gasteiger partial charge is 0.248 e. The number of rotatable bonds is 4. The second kappa shape index (κ2) is 6.62. The summed E-state index contributed by atoms with van der Waals surface area (Å²) in [5, 5.41) is 7.85. The quantitative estimate of drug-likeness (QED) is 0.845. The Bertz CT molecular complexity index is 908. The third-order valence-corrected chi connectivity index (χ3v) is 6.17. The van der Waals surface area contributed by atoms with E-state index in [4.69, 9.17) is 9.72 Å². The molecule has 0 amide bonds. The van der Waals surface area contributed by atoms with Gasteiger partial charge in [-0.15, -0.1) is 0 Å². The Morgan fingerprint density at radius 3 is 2.34 bits per heavy atom. The summed E-state index contributed by atoms with van der Waals surface area (Å²) in [5.41, 5.74) is 2.18. The van der Waals surface area contributed by atoms with Gasteiger partial charge in [-0.3, -0.25) is 0 Å². The topological polar surface area (TPSA) is 68.1 Å². The molecule has 0 unspecified atom stereocenters. The fraction of sp³-hybridized carbons (Fsp3) is 0.650. The lowest BCUT2D eigenvalue weighted by Crippen LogP contribution is -2.66. The molecule has 9 heteroatoms. The number of alkyl halides is 2. The summed E-state index contributed by atoms with van der Waals surface area (Å²) >= 11 is 0. The van der Waals surface area contributed by atoms with Crippen LogP contribution in [-0.2, 0) is 4.74 Å². The summed E-state index contributed by atoms with van der Waals surface area (Å²) in [5.74, 6) is -0.545. The Labute approximate surface area is 168 Å². The zero-order valence-electron chi connectivity index (χ0n) is 16.8. The Morgan fingerprint density at radius 1 is 1.07 bits per heavy atom. The van der Waals surface area contributed by atoms with Crippen molar-refractivity contribution in [3.8, 4) is 5.82 Å². The van der Waals surface area contributed by atoms with Crippen LogP contribution in [-0.4, -0.2) is 58.0 Å². The van der Waals surface area contributed by atoms with Gasteiger partial charge in [-0.05, 0) is 32.8 Å². The van der Waals surface area contributed by atoms with E-state index in [-0.39, 0.29) is 24.3 Å². The average Bonchev–Trinajstić information content (AvgIpc) is 2.93. The molecule has 0 bridgehead atoms. The maximum Gasteiger partial charge on any atom is 0.248 e. The zero-order valence-corrected chi connectivity index (χ0v) is 16.8. The van der Waals surface area contributed by atoms with Crippen LogP contribution in [0.3, 0.4) is 0 Å². The minimum atomic E-state index is -2.55. The minimum absolute atomic E-state index is 0.0408. The van der Waals surface area contributed by atoms with Crippen molar-refractivity contribution in [1.82, 2.24) is 19.7 Å². The molecule has 0 aromatic carbocycles. The van der Waals surface area contributed by atoms with Crippen molar-refractivity contribution in [1.29, 1.82) is 0 Å². The number of halogens is 2. The molecule has 7 nitrogen and oxygen atoms in total. The minimum Gasteiger partial charge on any atom is -0.380 e. The van der Waals surface area contributed by atoms with Gasteiger partial charge in [0.05, 0.1) is 24.3 Å². The van der Waals surface area contributed by atoms with Crippen molar-refractivity contribution in [3.63, 3.8) is 0 Å². The van der Waals surface area contributed by atoms with E-state index in [2.05, 4.69) is 20.3 Å². The largest absolute Gasteiger partial charge is 0.380 e. The summed E-state index contributed by atoms with van der Waals surface area (Å²) in [7, 11) is 0. The number of aromatic nitrogens is 4. The van der Waals surface area contributed by atoms with Crippen molar-refractivity contribution in [2.24, 2.45) is 5.41 Å². The molecule has 3 aliphatic rings. The molecule has 1 spiro atoms. The summed E-state index contributed by atoms with van der Waals surface area (Å²) in [4.78, 5) is 11.6. The molecule has 1 N–H and O–H groups in total. The van der Waals surface area contributed by atoms with Gasteiger partial charge in [-0.1, -0.05) is 0 Å². The normalized spacial score (nSPS) is 23.0. The first-order chi connectivity index (χ1) is 13.8. The molecule has 29 heavy (non-hydrogen) atoms. The number of hydrogen-bond donors (Lipinski definition) is 1. The SMILES string of the molecule is Cc1cc(C)n(-c2cc(N3CC4(COC4)C3)nc(NC3CCC(F)(F)CC3)n2)n1. The first kappa shape index (κ1) is 18.7. The van der Waals surface area contributed by atoms with Gasteiger partial charge >= 0.3 is 0 Å². The molecule has 4 heterocycles. The van der Waals surface area contributed by atoms with Gasteiger partial charge in [0.1, 0.15) is 5.82 Å². The third-order valence-electron chi connectivity index (χ3n) is 6.17. The van der Waals surface area contributed by atoms with Crippen molar-refractivity contribution in [2.75, 3.05) is 36.5 Å². The predicted octanol–water partition coefficient (Wildman–Crippen LogP) is 3.11. The van der Waals surface area contributed by atoms with Gasteiger partial charge in [-0.2, -0.15) is 15.1 Å². The molecule has 2 saturated heterocycles. The molecule has 1 saturated carbocycles. The predicted molar refractivity (Wildman–Crippen MR) is 105 cm³/mol. The van der Waals surface area contributed by atoms with Crippen LogP contribution in [0.5, 0.6) is 0 Å². The summed E-state index contributed by atoms with van der Waals surface area (Å²) in [6, 6.07) is 3.91. The van der Waals surface area contributed by atoms with Crippen LogP contribution in [0.2, 0.25) is 0 Å². The van der Waals surface area contributed by atoms with E-state index < -0.39 is 5.92 Å². The average molecular weight is 404 g/mol. The van der Waals surface area contributed by atoms with E-state index in [1.807, 2.05) is 30.7 Å². The lowest BCUT2D eigenvalue weighted by atomic mass is 9.78. The molecule has 2 aromatic rings. The molecule has 156 valence electrons. The highest BCUT2D eigenvalue weighted by Gasteiger charge is 2.49. The monoisotopic (exact) mass is 404 g/mol. The number of nitrogens with zero attached hydrogens (tertiary/aromatic N) is 5. The molecule has 0 radical (unpaired) electrons. The number of nitrogens with one attached hydrogen (secondary N) is 1. The van der Waals surface area contributed by atoms with Crippen LogP contribution in [0.25, 0.3) is 5.82 Å². The lowest BCUT2D eigenvalue weighted by molar-refractivity contribution is -0.127. The van der Waals surface area contributed by atoms with Crippen LogP contribution in [0.15, 0.2) is 12.1 Å². The zero-order chi connectivity index (χ0) is 20.2. The highest BCUT2D eigenvalue weighted by molar-refractivity contribution is 5.52. The second-order valence-electron chi connectivity index (χ2n) is 8.87. The first-order valence-corrected chi connectivity index (χ1v) is 10.2. The molecule has 2 aromatic heterocycles. The van der Waals surface area contributed by atoms with Gasteiger partial charge in [0, 0.05) is 43.7 Å². The number of anilines is 2. The molecule has 3 fully saturated rings. The van der Waals surface area contributed by atoms with Crippen LogP contribution in [0.4, 0.5) is 20.5 Å². The maximum absolute atomic E-state index is 13.5. The van der Waals surface area contributed by atoms with Gasteiger partial charge in [0.25, 0.3) is 0 Å². The maximum atomic E-state index is 13.5. The Kier molecular flexibility index (Phi) is 4.27. The highest BCUT2D eigenvalue weighted by atomic mass is 19.3. The molecule has 2 aliphatic heterocycles. The lowest BCUT2D eigenvalue weighted by Gasteiger charge is -2.55. The molecule has 5 rings (SSSR count). The first-order valence-electron chi connectivity index (χ1n) is 10.2. The van der Waals surface area contributed by atoms with Crippen molar-refractivity contribution < 1.29 is 13.5 Å². The summed E-state index contributed by atoms with van der Waals surface area (Å²) < 4.78 is 34.2. The van der Waals surface area contributed by atoms with Crippen molar-refractivity contribution >= 4 is 11.8 Å². The Morgan fingerprint density at radius 2 is 1.76 bits per heavy atom. The summed E-state index contributed by atoms with van der Waals surface area (Å²) in [6.45, 7) is 7.37.